The minimum absolute atomic E-state index is 0.0265. The molecule has 0 saturated heterocycles. The second-order valence-corrected chi connectivity index (χ2v) is 4.95. The predicted molar refractivity (Wildman–Crippen MR) is 74.3 cm³/mol. The number of isocyanates is 1. The molecule has 1 aliphatic carbocycles. The van der Waals surface area contributed by atoms with Crippen molar-refractivity contribution >= 4 is 6.08 Å². The van der Waals surface area contributed by atoms with Crippen LogP contribution < -0.4 is 14.2 Å². The largest absolute Gasteiger partial charge is 0.493 e. The van der Waals surface area contributed by atoms with E-state index in [-0.39, 0.29) is 17.2 Å². The fraction of sp³-hybridized carbons (Fsp3) is 0.533. The summed E-state index contributed by atoms with van der Waals surface area (Å²) in [5.41, 5.74) is -0.297. The fourth-order valence-corrected chi connectivity index (χ4v) is 2.97. The SMILES string of the molecule is COc1cc(C2(N=C=O)CCCC2)c(OC)c(F)c1OC. The minimum atomic E-state index is -0.798. The molecule has 6 heteroatoms. The molecule has 0 spiro atoms. The van der Waals surface area contributed by atoms with Gasteiger partial charge in [0.15, 0.2) is 11.5 Å². The van der Waals surface area contributed by atoms with E-state index in [4.69, 9.17) is 14.2 Å². The molecule has 0 aliphatic heterocycles. The quantitative estimate of drug-likeness (QED) is 0.619. The molecule has 0 N–H and O–H groups in total. The number of hydrogen-bond acceptors (Lipinski definition) is 5. The molecule has 1 aromatic rings. The van der Waals surface area contributed by atoms with Crippen LogP contribution in [0.4, 0.5) is 4.39 Å². The van der Waals surface area contributed by atoms with Crippen LogP contribution in [-0.2, 0) is 10.3 Å². The van der Waals surface area contributed by atoms with Gasteiger partial charge in [0.25, 0.3) is 0 Å². The van der Waals surface area contributed by atoms with Gasteiger partial charge in [0.2, 0.25) is 17.6 Å². The smallest absolute Gasteiger partial charge is 0.235 e. The zero-order valence-electron chi connectivity index (χ0n) is 12.4. The third-order valence-corrected chi connectivity index (χ3v) is 3.96. The Bertz CT molecular complexity index is 576. The first-order chi connectivity index (χ1) is 10.1. The number of methoxy groups -OCH3 is 3. The molecule has 21 heavy (non-hydrogen) atoms. The Balaban J connectivity index is 2.72. The van der Waals surface area contributed by atoms with Crippen molar-refractivity contribution in [3.8, 4) is 17.2 Å². The summed E-state index contributed by atoms with van der Waals surface area (Å²) in [6.45, 7) is 0. The van der Waals surface area contributed by atoms with Crippen LogP contribution in [0.2, 0.25) is 0 Å². The monoisotopic (exact) mass is 295 g/mol. The van der Waals surface area contributed by atoms with Crippen molar-refractivity contribution in [1.29, 1.82) is 0 Å². The first-order valence-corrected chi connectivity index (χ1v) is 6.71. The van der Waals surface area contributed by atoms with Gasteiger partial charge in [-0.2, -0.15) is 9.38 Å². The Morgan fingerprint density at radius 3 is 2.24 bits per heavy atom. The number of carbonyl (C=O) groups excluding carboxylic acids is 1. The normalized spacial score (nSPS) is 16.2. The van der Waals surface area contributed by atoms with Gasteiger partial charge in [0.1, 0.15) is 5.54 Å². The Labute approximate surface area is 122 Å². The molecular formula is C15H18FNO4. The molecule has 0 bridgehead atoms. The summed E-state index contributed by atoms with van der Waals surface area (Å²) in [5, 5.41) is 0. The average molecular weight is 295 g/mol. The average Bonchev–Trinajstić information content (AvgIpc) is 2.96. The van der Waals surface area contributed by atoms with Gasteiger partial charge >= 0.3 is 0 Å². The second-order valence-electron chi connectivity index (χ2n) is 4.95. The van der Waals surface area contributed by atoms with E-state index in [2.05, 4.69) is 4.99 Å². The fourth-order valence-electron chi connectivity index (χ4n) is 2.97. The Morgan fingerprint density at radius 2 is 1.76 bits per heavy atom. The van der Waals surface area contributed by atoms with Gasteiger partial charge in [-0.1, -0.05) is 12.8 Å². The Kier molecular flexibility index (Phi) is 4.48. The molecular weight excluding hydrogens is 277 g/mol. The van der Waals surface area contributed by atoms with Crippen LogP contribution in [0.25, 0.3) is 0 Å². The summed E-state index contributed by atoms with van der Waals surface area (Å²) in [5.74, 6) is -0.394. The van der Waals surface area contributed by atoms with Crippen molar-refractivity contribution in [3.63, 3.8) is 0 Å². The lowest BCUT2D eigenvalue weighted by Gasteiger charge is -2.26. The summed E-state index contributed by atoms with van der Waals surface area (Å²) >= 11 is 0. The van der Waals surface area contributed by atoms with Crippen molar-refractivity contribution in [2.75, 3.05) is 21.3 Å². The molecule has 2 rings (SSSR count). The third kappa shape index (κ3) is 2.47. The molecule has 0 heterocycles. The highest BCUT2D eigenvalue weighted by molar-refractivity contribution is 5.56. The molecule has 0 aromatic heterocycles. The number of benzene rings is 1. The van der Waals surface area contributed by atoms with Crippen LogP contribution in [-0.4, -0.2) is 27.4 Å². The molecule has 1 fully saturated rings. The van der Waals surface area contributed by atoms with Crippen molar-refractivity contribution in [1.82, 2.24) is 0 Å². The number of rotatable bonds is 5. The molecule has 0 unspecified atom stereocenters. The van der Waals surface area contributed by atoms with Gasteiger partial charge < -0.3 is 14.2 Å². The minimum Gasteiger partial charge on any atom is -0.493 e. The first kappa shape index (κ1) is 15.3. The third-order valence-electron chi connectivity index (χ3n) is 3.96. The van der Waals surface area contributed by atoms with E-state index in [1.165, 1.54) is 21.3 Å². The maximum Gasteiger partial charge on any atom is 0.235 e. The lowest BCUT2D eigenvalue weighted by Crippen LogP contribution is -2.21. The number of aliphatic imine (C=N–C) groups is 1. The summed E-state index contributed by atoms with van der Waals surface area (Å²) in [4.78, 5) is 14.8. The molecule has 0 radical (unpaired) electrons. The van der Waals surface area contributed by atoms with Gasteiger partial charge in [0.05, 0.1) is 21.3 Å². The van der Waals surface area contributed by atoms with Gasteiger partial charge in [-0.25, -0.2) is 4.79 Å². The van der Waals surface area contributed by atoms with E-state index < -0.39 is 11.4 Å². The maximum atomic E-state index is 14.6. The van der Waals surface area contributed by atoms with Crippen LogP contribution in [0, 0.1) is 5.82 Å². The van der Waals surface area contributed by atoms with E-state index in [1.54, 1.807) is 12.1 Å². The van der Waals surface area contributed by atoms with Crippen LogP contribution in [0.15, 0.2) is 11.1 Å². The number of hydrogen-bond donors (Lipinski definition) is 0. The highest BCUT2D eigenvalue weighted by atomic mass is 19.1. The van der Waals surface area contributed by atoms with Crippen LogP contribution in [0.1, 0.15) is 31.2 Å². The highest BCUT2D eigenvalue weighted by Gasteiger charge is 2.40. The summed E-state index contributed by atoms with van der Waals surface area (Å²) in [6.07, 6.45) is 4.72. The van der Waals surface area contributed by atoms with Crippen LogP contribution in [0.5, 0.6) is 17.2 Å². The molecule has 1 saturated carbocycles. The molecule has 0 amide bonds. The zero-order chi connectivity index (χ0) is 15.5. The van der Waals surface area contributed by atoms with Crippen molar-refractivity contribution in [2.24, 2.45) is 4.99 Å². The zero-order valence-corrected chi connectivity index (χ0v) is 12.4. The number of halogens is 1. The second kappa shape index (κ2) is 6.14. The van der Waals surface area contributed by atoms with Gasteiger partial charge in [-0.15, -0.1) is 0 Å². The standard InChI is InChI=1S/C15H18FNO4/c1-19-11-8-10(13(20-2)12(16)14(11)21-3)15(17-9-18)6-4-5-7-15/h8H,4-7H2,1-3H3. The van der Waals surface area contributed by atoms with Crippen molar-refractivity contribution in [3.05, 3.63) is 17.4 Å². The molecule has 1 aliphatic rings. The lowest BCUT2D eigenvalue weighted by atomic mass is 9.87. The predicted octanol–water partition coefficient (Wildman–Crippen LogP) is 2.96. The topological polar surface area (TPSA) is 57.1 Å². The van der Waals surface area contributed by atoms with Crippen LogP contribution in [0.3, 0.4) is 0 Å². The van der Waals surface area contributed by atoms with Gasteiger partial charge in [-0.05, 0) is 18.9 Å². The van der Waals surface area contributed by atoms with E-state index in [0.29, 0.717) is 18.4 Å². The van der Waals surface area contributed by atoms with E-state index in [1.807, 2.05) is 0 Å². The molecule has 0 atom stereocenters. The number of nitrogens with zero attached hydrogens (tertiary/aromatic N) is 1. The van der Waals surface area contributed by atoms with Gasteiger partial charge in [0, 0.05) is 5.56 Å². The van der Waals surface area contributed by atoms with Crippen molar-refractivity contribution < 1.29 is 23.4 Å². The molecule has 114 valence electrons. The first-order valence-electron chi connectivity index (χ1n) is 6.71. The summed E-state index contributed by atoms with van der Waals surface area (Å²) < 4.78 is 30.0. The molecule has 1 aromatic carbocycles. The highest BCUT2D eigenvalue weighted by Crippen LogP contribution is 2.50. The van der Waals surface area contributed by atoms with E-state index in [9.17, 15) is 9.18 Å². The Hall–Kier alpha value is -2.07. The Morgan fingerprint density at radius 1 is 1.14 bits per heavy atom. The van der Waals surface area contributed by atoms with Crippen LogP contribution >= 0.6 is 0 Å². The summed E-state index contributed by atoms with van der Waals surface area (Å²) in [6, 6.07) is 1.63. The number of ether oxygens (including phenoxy) is 3. The van der Waals surface area contributed by atoms with E-state index in [0.717, 1.165) is 12.8 Å². The lowest BCUT2D eigenvalue weighted by molar-refractivity contribution is 0.310. The summed E-state index contributed by atoms with van der Waals surface area (Å²) in [7, 11) is 4.16. The van der Waals surface area contributed by atoms with Gasteiger partial charge in [-0.3, -0.25) is 0 Å². The maximum absolute atomic E-state index is 14.6. The van der Waals surface area contributed by atoms with E-state index >= 15 is 0 Å². The molecule has 5 nitrogen and oxygen atoms in total. The van der Waals surface area contributed by atoms with Crippen molar-refractivity contribution in [2.45, 2.75) is 31.2 Å².